The van der Waals surface area contributed by atoms with Crippen molar-refractivity contribution < 1.29 is 9.53 Å². The monoisotopic (exact) mass is 269 g/mol. The van der Waals surface area contributed by atoms with Crippen molar-refractivity contribution >= 4 is 5.91 Å². The second-order valence-corrected chi connectivity index (χ2v) is 5.84. The van der Waals surface area contributed by atoms with Crippen LogP contribution in [-0.4, -0.2) is 61.3 Å². The molecule has 4 atom stereocenters. The van der Waals surface area contributed by atoms with E-state index >= 15 is 0 Å². The number of hydrogen-bond acceptors (Lipinski definition) is 4. The SMILES string of the molecule is CC1CCC(C)N1C(C)C(=O)NCC1CNCCO1. The highest BCUT2D eigenvalue weighted by Crippen LogP contribution is 2.25. The minimum Gasteiger partial charge on any atom is -0.374 e. The van der Waals surface area contributed by atoms with Gasteiger partial charge in [0.25, 0.3) is 0 Å². The summed E-state index contributed by atoms with van der Waals surface area (Å²) in [5.41, 5.74) is 0. The molecular weight excluding hydrogens is 242 g/mol. The molecule has 5 heteroatoms. The smallest absolute Gasteiger partial charge is 0.237 e. The van der Waals surface area contributed by atoms with E-state index in [1.807, 2.05) is 6.92 Å². The van der Waals surface area contributed by atoms with Gasteiger partial charge >= 0.3 is 0 Å². The van der Waals surface area contributed by atoms with Gasteiger partial charge in [0.05, 0.1) is 18.8 Å². The van der Waals surface area contributed by atoms with Gasteiger partial charge in [0.2, 0.25) is 5.91 Å². The summed E-state index contributed by atoms with van der Waals surface area (Å²) in [7, 11) is 0. The van der Waals surface area contributed by atoms with Crippen LogP contribution in [0.5, 0.6) is 0 Å². The van der Waals surface area contributed by atoms with Gasteiger partial charge < -0.3 is 15.4 Å². The molecule has 1 amide bonds. The van der Waals surface area contributed by atoms with Crippen LogP contribution < -0.4 is 10.6 Å². The summed E-state index contributed by atoms with van der Waals surface area (Å²) in [6.07, 6.45) is 2.49. The van der Waals surface area contributed by atoms with Crippen molar-refractivity contribution in [1.82, 2.24) is 15.5 Å². The molecular formula is C14H27N3O2. The maximum atomic E-state index is 12.2. The molecule has 2 heterocycles. The van der Waals surface area contributed by atoms with Crippen LogP contribution >= 0.6 is 0 Å². The molecule has 0 aliphatic carbocycles. The van der Waals surface area contributed by atoms with Gasteiger partial charge in [-0.1, -0.05) is 0 Å². The Labute approximate surface area is 116 Å². The van der Waals surface area contributed by atoms with Crippen LogP contribution in [0, 0.1) is 0 Å². The molecule has 2 N–H and O–H groups in total. The number of morpholine rings is 1. The van der Waals surface area contributed by atoms with Crippen molar-refractivity contribution in [2.45, 2.75) is 57.8 Å². The van der Waals surface area contributed by atoms with E-state index in [-0.39, 0.29) is 18.1 Å². The quantitative estimate of drug-likeness (QED) is 0.773. The van der Waals surface area contributed by atoms with E-state index in [1.54, 1.807) is 0 Å². The first-order chi connectivity index (χ1) is 9.09. The number of hydrogen-bond donors (Lipinski definition) is 2. The van der Waals surface area contributed by atoms with Crippen LogP contribution in [0.15, 0.2) is 0 Å². The molecule has 2 aliphatic heterocycles. The number of carbonyl (C=O) groups excluding carboxylic acids is 1. The molecule has 0 aromatic heterocycles. The predicted octanol–water partition coefficient (Wildman–Crippen LogP) is 0.352. The van der Waals surface area contributed by atoms with E-state index in [0.717, 1.165) is 19.7 Å². The first-order valence-electron chi connectivity index (χ1n) is 7.47. The topological polar surface area (TPSA) is 53.6 Å². The molecule has 0 spiro atoms. The molecule has 0 aromatic carbocycles. The lowest BCUT2D eigenvalue weighted by Gasteiger charge is -2.32. The minimum absolute atomic E-state index is 0.0518. The van der Waals surface area contributed by atoms with Crippen molar-refractivity contribution in [3.05, 3.63) is 0 Å². The number of carbonyl (C=O) groups is 1. The van der Waals surface area contributed by atoms with Crippen LogP contribution in [0.1, 0.15) is 33.6 Å². The zero-order valence-electron chi connectivity index (χ0n) is 12.3. The fraction of sp³-hybridized carbons (Fsp3) is 0.929. The fourth-order valence-corrected chi connectivity index (χ4v) is 3.23. The summed E-state index contributed by atoms with van der Waals surface area (Å²) in [6.45, 7) is 9.49. The van der Waals surface area contributed by atoms with E-state index in [1.165, 1.54) is 12.8 Å². The van der Waals surface area contributed by atoms with Crippen LogP contribution in [0.25, 0.3) is 0 Å². The summed E-state index contributed by atoms with van der Waals surface area (Å²) in [4.78, 5) is 14.6. The minimum atomic E-state index is -0.0518. The summed E-state index contributed by atoms with van der Waals surface area (Å²) in [6, 6.07) is 0.954. The second-order valence-electron chi connectivity index (χ2n) is 5.84. The molecule has 0 saturated carbocycles. The predicted molar refractivity (Wildman–Crippen MR) is 75.1 cm³/mol. The number of amides is 1. The largest absolute Gasteiger partial charge is 0.374 e. The summed E-state index contributed by atoms with van der Waals surface area (Å²) < 4.78 is 5.58. The molecule has 0 aromatic rings. The Balaban J connectivity index is 1.78. The third kappa shape index (κ3) is 3.68. The maximum absolute atomic E-state index is 12.2. The lowest BCUT2D eigenvalue weighted by Crippen LogP contribution is -2.52. The molecule has 2 fully saturated rings. The molecule has 2 rings (SSSR count). The van der Waals surface area contributed by atoms with E-state index < -0.39 is 0 Å². The lowest BCUT2D eigenvalue weighted by molar-refractivity contribution is -0.127. The molecule has 2 aliphatic rings. The van der Waals surface area contributed by atoms with Crippen LogP contribution in [0.2, 0.25) is 0 Å². The summed E-state index contributed by atoms with van der Waals surface area (Å²) >= 11 is 0. The Morgan fingerprint density at radius 3 is 2.68 bits per heavy atom. The second kappa shape index (κ2) is 6.68. The number of nitrogens with one attached hydrogen (secondary N) is 2. The zero-order chi connectivity index (χ0) is 13.8. The van der Waals surface area contributed by atoms with Crippen molar-refractivity contribution in [2.24, 2.45) is 0 Å². The number of nitrogens with zero attached hydrogens (tertiary/aromatic N) is 1. The van der Waals surface area contributed by atoms with Gasteiger partial charge in [-0.2, -0.15) is 0 Å². The van der Waals surface area contributed by atoms with Crippen molar-refractivity contribution in [3.8, 4) is 0 Å². The lowest BCUT2D eigenvalue weighted by atomic mass is 10.2. The van der Waals surface area contributed by atoms with Crippen LogP contribution in [-0.2, 0) is 9.53 Å². The number of ether oxygens (including phenoxy) is 1. The average Bonchev–Trinajstić information content (AvgIpc) is 2.76. The number of rotatable bonds is 4. The third-order valence-corrected chi connectivity index (χ3v) is 4.36. The third-order valence-electron chi connectivity index (χ3n) is 4.36. The maximum Gasteiger partial charge on any atom is 0.237 e. The Kier molecular flexibility index (Phi) is 5.19. The molecule has 5 nitrogen and oxygen atoms in total. The van der Waals surface area contributed by atoms with Crippen LogP contribution in [0.3, 0.4) is 0 Å². The highest BCUT2D eigenvalue weighted by Gasteiger charge is 2.34. The van der Waals surface area contributed by atoms with Crippen molar-refractivity contribution in [2.75, 3.05) is 26.2 Å². The Morgan fingerprint density at radius 2 is 2.11 bits per heavy atom. The molecule has 2 saturated heterocycles. The first kappa shape index (κ1) is 14.8. The molecule has 110 valence electrons. The van der Waals surface area contributed by atoms with Gasteiger partial charge in [-0.3, -0.25) is 9.69 Å². The number of likely N-dealkylation sites (tertiary alicyclic amines) is 1. The fourth-order valence-electron chi connectivity index (χ4n) is 3.23. The van der Waals surface area contributed by atoms with Crippen molar-refractivity contribution in [1.29, 1.82) is 0 Å². The molecule has 0 bridgehead atoms. The average molecular weight is 269 g/mol. The van der Waals surface area contributed by atoms with Gasteiger partial charge in [0, 0.05) is 31.7 Å². The van der Waals surface area contributed by atoms with E-state index in [9.17, 15) is 4.79 Å². The van der Waals surface area contributed by atoms with Crippen LogP contribution in [0.4, 0.5) is 0 Å². The molecule has 19 heavy (non-hydrogen) atoms. The van der Waals surface area contributed by atoms with E-state index in [2.05, 4.69) is 29.4 Å². The van der Waals surface area contributed by atoms with Gasteiger partial charge in [0.15, 0.2) is 0 Å². The highest BCUT2D eigenvalue weighted by atomic mass is 16.5. The normalized spacial score (nSPS) is 34.2. The van der Waals surface area contributed by atoms with Gasteiger partial charge in [-0.15, -0.1) is 0 Å². The highest BCUT2D eigenvalue weighted by molar-refractivity contribution is 5.81. The first-order valence-corrected chi connectivity index (χ1v) is 7.47. The Hall–Kier alpha value is -0.650. The standard InChI is InChI=1S/C14H27N3O2/c1-10-4-5-11(2)17(10)12(3)14(18)16-9-13-8-15-6-7-19-13/h10-13,15H,4-9H2,1-3H3,(H,16,18). The Bertz CT molecular complexity index is 295. The molecule has 0 radical (unpaired) electrons. The van der Waals surface area contributed by atoms with Gasteiger partial charge in [0.1, 0.15) is 0 Å². The Morgan fingerprint density at radius 1 is 1.42 bits per heavy atom. The zero-order valence-corrected chi connectivity index (χ0v) is 12.3. The van der Waals surface area contributed by atoms with E-state index in [4.69, 9.17) is 4.74 Å². The van der Waals surface area contributed by atoms with Gasteiger partial charge in [-0.25, -0.2) is 0 Å². The van der Waals surface area contributed by atoms with E-state index in [0.29, 0.717) is 18.6 Å². The van der Waals surface area contributed by atoms with Gasteiger partial charge in [-0.05, 0) is 33.6 Å². The summed E-state index contributed by atoms with van der Waals surface area (Å²) in [5, 5.41) is 6.29. The molecule has 4 unspecified atom stereocenters. The summed E-state index contributed by atoms with van der Waals surface area (Å²) in [5.74, 6) is 0.120. The van der Waals surface area contributed by atoms with Crippen molar-refractivity contribution in [3.63, 3.8) is 0 Å².